The number of benzene rings is 2. The molecule has 3 heterocycles. The number of hydrogen-bond donors (Lipinski definition) is 0. The second kappa shape index (κ2) is 9.41. The molecule has 0 bridgehead atoms. The van der Waals surface area contributed by atoms with E-state index in [2.05, 4.69) is 55.6 Å². The Morgan fingerprint density at radius 2 is 1.73 bits per heavy atom. The van der Waals surface area contributed by atoms with Crippen molar-refractivity contribution in [3.05, 3.63) is 72.4 Å². The monoisotopic (exact) mass is 443 g/mol. The van der Waals surface area contributed by atoms with Gasteiger partial charge < -0.3 is 14.4 Å². The van der Waals surface area contributed by atoms with Crippen molar-refractivity contribution in [2.45, 2.75) is 19.9 Å². The van der Waals surface area contributed by atoms with Gasteiger partial charge in [-0.2, -0.15) is 0 Å². The zero-order chi connectivity index (χ0) is 22.8. The fourth-order valence-electron chi connectivity index (χ4n) is 4.60. The molecular formula is C27H30FN5. The average Bonchev–Trinajstić information content (AvgIpc) is 3.24. The van der Waals surface area contributed by atoms with Gasteiger partial charge in [-0.3, -0.25) is 4.98 Å². The summed E-state index contributed by atoms with van der Waals surface area (Å²) in [4.78, 5) is 14.2. The standard InChI is InChI=1S/C27H30FN5/c1-20-17-22(6-8-24(20)28)27-23(5-3-10-29-27)21-7-9-25-26(18-21)33(19-30-25)12-4-11-32-15-13-31(2)14-16-32/h3,5-10,17-19H,4,11-16H2,1-2H3. The first-order valence-electron chi connectivity index (χ1n) is 11.7. The van der Waals surface area contributed by atoms with Gasteiger partial charge in [0.15, 0.2) is 0 Å². The van der Waals surface area contributed by atoms with Crippen molar-refractivity contribution in [2.24, 2.45) is 0 Å². The van der Waals surface area contributed by atoms with E-state index in [1.165, 1.54) is 6.07 Å². The third-order valence-electron chi connectivity index (χ3n) is 6.64. The van der Waals surface area contributed by atoms with Gasteiger partial charge in [0.25, 0.3) is 0 Å². The molecule has 0 saturated carbocycles. The van der Waals surface area contributed by atoms with E-state index in [-0.39, 0.29) is 5.82 Å². The summed E-state index contributed by atoms with van der Waals surface area (Å²) in [6.45, 7) is 8.45. The number of piperazine rings is 1. The molecule has 0 unspecified atom stereocenters. The number of imidazole rings is 1. The molecule has 0 radical (unpaired) electrons. The third kappa shape index (κ3) is 4.68. The number of aromatic nitrogens is 3. The molecule has 0 N–H and O–H groups in total. The minimum atomic E-state index is -0.196. The Labute approximate surface area is 194 Å². The predicted molar refractivity (Wildman–Crippen MR) is 132 cm³/mol. The first kappa shape index (κ1) is 21.7. The quantitative estimate of drug-likeness (QED) is 0.427. The van der Waals surface area contributed by atoms with Crippen LogP contribution in [0.1, 0.15) is 12.0 Å². The first-order valence-corrected chi connectivity index (χ1v) is 11.7. The summed E-state index contributed by atoms with van der Waals surface area (Å²) >= 11 is 0. The SMILES string of the molecule is Cc1cc(-c2ncccc2-c2ccc3ncn(CCCN4CCN(C)CC4)c3c2)ccc1F. The summed E-state index contributed by atoms with van der Waals surface area (Å²) in [6, 6.07) is 15.6. The lowest BCUT2D eigenvalue weighted by Crippen LogP contribution is -2.44. The van der Waals surface area contributed by atoms with Crippen LogP contribution in [0, 0.1) is 12.7 Å². The summed E-state index contributed by atoms with van der Waals surface area (Å²) in [5, 5.41) is 0. The molecule has 1 aliphatic heterocycles. The number of likely N-dealkylation sites (N-methyl/N-ethyl adjacent to an activating group) is 1. The summed E-state index contributed by atoms with van der Waals surface area (Å²) in [7, 11) is 2.19. The van der Waals surface area contributed by atoms with Crippen LogP contribution >= 0.6 is 0 Å². The highest BCUT2D eigenvalue weighted by atomic mass is 19.1. The van der Waals surface area contributed by atoms with Crippen molar-refractivity contribution >= 4 is 11.0 Å². The lowest BCUT2D eigenvalue weighted by molar-refractivity contribution is 0.151. The maximum atomic E-state index is 13.8. The van der Waals surface area contributed by atoms with Gasteiger partial charge in [0.2, 0.25) is 0 Å². The fraction of sp³-hybridized carbons (Fsp3) is 0.333. The molecule has 2 aromatic carbocycles. The van der Waals surface area contributed by atoms with E-state index in [0.29, 0.717) is 5.56 Å². The van der Waals surface area contributed by atoms with E-state index in [0.717, 1.165) is 79.1 Å². The normalized spacial score (nSPS) is 15.4. The van der Waals surface area contributed by atoms with Gasteiger partial charge in [0.1, 0.15) is 5.82 Å². The molecule has 5 nitrogen and oxygen atoms in total. The molecule has 1 aliphatic rings. The fourth-order valence-corrected chi connectivity index (χ4v) is 4.60. The lowest BCUT2D eigenvalue weighted by atomic mass is 9.98. The van der Waals surface area contributed by atoms with E-state index in [1.807, 2.05) is 18.5 Å². The zero-order valence-corrected chi connectivity index (χ0v) is 19.3. The van der Waals surface area contributed by atoms with Crippen LogP contribution < -0.4 is 0 Å². The van der Waals surface area contributed by atoms with Crippen LogP contribution in [-0.2, 0) is 6.54 Å². The molecule has 6 heteroatoms. The van der Waals surface area contributed by atoms with Crippen LogP contribution in [0.4, 0.5) is 4.39 Å². The van der Waals surface area contributed by atoms with Crippen molar-refractivity contribution in [1.82, 2.24) is 24.3 Å². The second-order valence-corrected chi connectivity index (χ2v) is 9.00. The molecule has 5 rings (SSSR count). The maximum Gasteiger partial charge on any atom is 0.126 e. The van der Waals surface area contributed by atoms with Crippen molar-refractivity contribution in [3.8, 4) is 22.4 Å². The van der Waals surface area contributed by atoms with Crippen molar-refractivity contribution in [3.63, 3.8) is 0 Å². The molecule has 33 heavy (non-hydrogen) atoms. The molecule has 1 saturated heterocycles. The Kier molecular flexibility index (Phi) is 6.20. The van der Waals surface area contributed by atoms with E-state index in [4.69, 9.17) is 0 Å². The molecule has 170 valence electrons. The highest BCUT2D eigenvalue weighted by molar-refractivity contribution is 5.87. The third-order valence-corrected chi connectivity index (χ3v) is 6.64. The van der Waals surface area contributed by atoms with E-state index < -0.39 is 0 Å². The predicted octanol–water partition coefficient (Wildman–Crippen LogP) is 4.85. The summed E-state index contributed by atoms with van der Waals surface area (Å²) in [5.41, 5.74) is 6.67. The molecule has 4 aromatic rings. The Morgan fingerprint density at radius 3 is 2.55 bits per heavy atom. The number of fused-ring (bicyclic) bond motifs is 1. The number of rotatable bonds is 6. The smallest absolute Gasteiger partial charge is 0.126 e. The van der Waals surface area contributed by atoms with Crippen molar-refractivity contribution in [2.75, 3.05) is 39.8 Å². The van der Waals surface area contributed by atoms with Crippen LogP contribution in [-0.4, -0.2) is 64.1 Å². The topological polar surface area (TPSA) is 37.2 Å². The van der Waals surface area contributed by atoms with Gasteiger partial charge >= 0.3 is 0 Å². The number of nitrogens with zero attached hydrogens (tertiary/aromatic N) is 5. The summed E-state index contributed by atoms with van der Waals surface area (Å²) in [5.74, 6) is -0.196. The van der Waals surface area contributed by atoms with Gasteiger partial charge in [0.05, 0.1) is 23.1 Å². The summed E-state index contributed by atoms with van der Waals surface area (Å²) in [6.07, 6.45) is 4.84. The molecular weight excluding hydrogens is 413 g/mol. The van der Waals surface area contributed by atoms with Gasteiger partial charge in [-0.1, -0.05) is 12.1 Å². The van der Waals surface area contributed by atoms with Crippen LogP contribution in [0.5, 0.6) is 0 Å². The molecule has 0 amide bonds. The minimum Gasteiger partial charge on any atom is -0.331 e. The van der Waals surface area contributed by atoms with Crippen LogP contribution in [0.2, 0.25) is 0 Å². The number of hydrogen-bond acceptors (Lipinski definition) is 4. The van der Waals surface area contributed by atoms with Gasteiger partial charge in [-0.25, -0.2) is 9.37 Å². The molecule has 0 atom stereocenters. The van der Waals surface area contributed by atoms with Gasteiger partial charge in [-0.05, 0) is 74.5 Å². The Bertz CT molecular complexity index is 1260. The van der Waals surface area contributed by atoms with Gasteiger partial charge in [-0.15, -0.1) is 0 Å². The molecule has 2 aromatic heterocycles. The number of aryl methyl sites for hydroxylation is 2. The Morgan fingerprint density at radius 1 is 0.909 bits per heavy atom. The Hall–Kier alpha value is -3.09. The molecule has 0 spiro atoms. The van der Waals surface area contributed by atoms with E-state index in [9.17, 15) is 4.39 Å². The largest absolute Gasteiger partial charge is 0.331 e. The van der Waals surface area contributed by atoms with Gasteiger partial charge in [0, 0.05) is 50.0 Å². The van der Waals surface area contributed by atoms with Crippen LogP contribution in [0.3, 0.4) is 0 Å². The van der Waals surface area contributed by atoms with Crippen molar-refractivity contribution in [1.29, 1.82) is 0 Å². The summed E-state index contributed by atoms with van der Waals surface area (Å²) < 4.78 is 16.1. The number of pyridine rings is 1. The van der Waals surface area contributed by atoms with Crippen LogP contribution in [0.25, 0.3) is 33.4 Å². The molecule has 1 fully saturated rings. The molecule has 0 aliphatic carbocycles. The van der Waals surface area contributed by atoms with E-state index >= 15 is 0 Å². The maximum absolute atomic E-state index is 13.8. The first-order chi connectivity index (χ1) is 16.1. The van der Waals surface area contributed by atoms with Crippen molar-refractivity contribution < 1.29 is 4.39 Å². The average molecular weight is 444 g/mol. The van der Waals surface area contributed by atoms with E-state index in [1.54, 1.807) is 19.2 Å². The zero-order valence-electron chi connectivity index (χ0n) is 19.3. The highest BCUT2D eigenvalue weighted by Crippen LogP contribution is 2.32. The minimum absolute atomic E-state index is 0.196. The second-order valence-electron chi connectivity index (χ2n) is 9.00. The lowest BCUT2D eigenvalue weighted by Gasteiger charge is -2.32. The number of halogens is 1. The van der Waals surface area contributed by atoms with Crippen LogP contribution in [0.15, 0.2) is 61.1 Å². The highest BCUT2D eigenvalue weighted by Gasteiger charge is 2.14. The Balaban J connectivity index is 1.39.